The Balaban J connectivity index is 1.69. The second-order valence-corrected chi connectivity index (χ2v) is 6.00. The maximum Gasteiger partial charge on any atom is 0.101 e. The van der Waals surface area contributed by atoms with E-state index in [1.165, 1.54) is 11.3 Å². The molecule has 1 N–H and O–H groups in total. The van der Waals surface area contributed by atoms with E-state index >= 15 is 0 Å². The summed E-state index contributed by atoms with van der Waals surface area (Å²) in [5, 5.41) is 12.4. The van der Waals surface area contributed by atoms with Crippen molar-refractivity contribution < 1.29 is 4.74 Å². The molecule has 22 heavy (non-hydrogen) atoms. The van der Waals surface area contributed by atoms with Crippen LogP contribution in [-0.2, 0) is 31.8 Å². The molecule has 1 aliphatic heterocycles. The molecule has 0 unspecified atom stereocenters. The van der Waals surface area contributed by atoms with Gasteiger partial charge in [-0.1, -0.05) is 6.92 Å². The Morgan fingerprint density at radius 1 is 1.32 bits per heavy atom. The topological polar surface area (TPSA) is 56.9 Å². The minimum Gasteiger partial charge on any atom is -0.372 e. The molecular weight excluding hydrogens is 278 g/mol. The summed E-state index contributed by atoms with van der Waals surface area (Å²) in [5.41, 5.74) is 3.60. The molecule has 2 atom stereocenters. The van der Waals surface area contributed by atoms with Crippen molar-refractivity contribution in [2.75, 3.05) is 6.61 Å². The van der Waals surface area contributed by atoms with E-state index in [4.69, 9.17) is 4.74 Å². The standard InChI is InChI=1S/C16H25N5O/c1-4-14-12(10-21(3)19-14)8-17-15-6-5-7-22-16(15)13-9-18-20(2)11-13/h9-11,15-17H,4-8H2,1-3H3/t15-,16+/m0/s1. The molecular formula is C16H25N5O. The fourth-order valence-electron chi connectivity index (χ4n) is 3.18. The fourth-order valence-corrected chi connectivity index (χ4v) is 3.18. The number of nitrogens with one attached hydrogen (secondary N) is 1. The zero-order valence-electron chi connectivity index (χ0n) is 13.6. The Labute approximate surface area is 131 Å². The van der Waals surface area contributed by atoms with E-state index in [9.17, 15) is 0 Å². The van der Waals surface area contributed by atoms with Gasteiger partial charge >= 0.3 is 0 Å². The number of ether oxygens (including phenoxy) is 1. The van der Waals surface area contributed by atoms with Crippen LogP contribution in [0, 0.1) is 0 Å². The second kappa shape index (κ2) is 6.62. The smallest absolute Gasteiger partial charge is 0.101 e. The Morgan fingerprint density at radius 2 is 2.18 bits per heavy atom. The summed E-state index contributed by atoms with van der Waals surface area (Å²) in [6, 6.07) is 0.322. The van der Waals surface area contributed by atoms with E-state index in [0.717, 1.165) is 38.0 Å². The maximum atomic E-state index is 6.00. The lowest BCUT2D eigenvalue weighted by Gasteiger charge is -2.32. The lowest BCUT2D eigenvalue weighted by atomic mass is 9.98. The van der Waals surface area contributed by atoms with Crippen LogP contribution in [0.1, 0.15) is 42.7 Å². The summed E-state index contributed by atoms with van der Waals surface area (Å²) >= 11 is 0. The third-order valence-corrected chi connectivity index (χ3v) is 4.26. The zero-order chi connectivity index (χ0) is 15.5. The SMILES string of the molecule is CCc1nn(C)cc1CN[C@H]1CCCO[C@@H]1c1cnn(C)c1. The Kier molecular flexibility index (Phi) is 4.59. The van der Waals surface area contributed by atoms with Gasteiger partial charge in [-0.3, -0.25) is 9.36 Å². The van der Waals surface area contributed by atoms with Crippen molar-refractivity contribution in [2.45, 2.75) is 44.9 Å². The quantitative estimate of drug-likeness (QED) is 0.914. The van der Waals surface area contributed by atoms with Crippen LogP contribution in [0.25, 0.3) is 0 Å². The molecule has 6 heteroatoms. The van der Waals surface area contributed by atoms with Crippen molar-refractivity contribution in [1.82, 2.24) is 24.9 Å². The molecule has 1 fully saturated rings. The first-order chi connectivity index (χ1) is 10.7. The monoisotopic (exact) mass is 303 g/mol. The minimum atomic E-state index is 0.0872. The molecule has 1 saturated heterocycles. The van der Waals surface area contributed by atoms with Crippen molar-refractivity contribution in [1.29, 1.82) is 0 Å². The largest absolute Gasteiger partial charge is 0.372 e. The predicted octanol–water partition coefficient (Wildman–Crippen LogP) is 1.73. The molecule has 3 rings (SSSR count). The van der Waals surface area contributed by atoms with Gasteiger partial charge in [-0.2, -0.15) is 10.2 Å². The normalized spacial score (nSPS) is 22.1. The van der Waals surface area contributed by atoms with Gasteiger partial charge in [0.1, 0.15) is 6.10 Å². The van der Waals surface area contributed by atoms with Gasteiger partial charge in [-0.25, -0.2) is 0 Å². The number of aromatic nitrogens is 4. The summed E-state index contributed by atoms with van der Waals surface area (Å²) < 4.78 is 9.73. The van der Waals surface area contributed by atoms with Gasteiger partial charge in [0, 0.05) is 56.8 Å². The molecule has 3 heterocycles. The van der Waals surface area contributed by atoms with E-state index in [2.05, 4.69) is 28.6 Å². The molecule has 2 aromatic heterocycles. The first kappa shape index (κ1) is 15.2. The zero-order valence-corrected chi connectivity index (χ0v) is 13.6. The molecule has 6 nitrogen and oxygen atoms in total. The van der Waals surface area contributed by atoms with E-state index in [0.29, 0.717) is 6.04 Å². The molecule has 0 radical (unpaired) electrons. The van der Waals surface area contributed by atoms with Crippen LogP contribution in [0.3, 0.4) is 0 Å². The molecule has 0 aliphatic carbocycles. The van der Waals surface area contributed by atoms with E-state index < -0.39 is 0 Å². The molecule has 0 amide bonds. The van der Waals surface area contributed by atoms with Gasteiger partial charge < -0.3 is 10.1 Å². The van der Waals surface area contributed by atoms with Crippen molar-refractivity contribution in [3.8, 4) is 0 Å². The Morgan fingerprint density at radius 3 is 2.91 bits per heavy atom. The number of rotatable bonds is 5. The van der Waals surface area contributed by atoms with Crippen LogP contribution < -0.4 is 5.32 Å². The Bertz CT molecular complexity index is 618. The van der Waals surface area contributed by atoms with Crippen LogP contribution in [0.4, 0.5) is 0 Å². The number of aryl methyl sites for hydroxylation is 3. The van der Waals surface area contributed by atoms with Crippen LogP contribution in [0.5, 0.6) is 0 Å². The average Bonchev–Trinajstić information content (AvgIpc) is 3.11. The Hall–Kier alpha value is -1.66. The highest BCUT2D eigenvalue weighted by molar-refractivity contribution is 5.18. The fraction of sp³-hybridized carbons (Fsp3) is 0.625. The first-order valence-corrected chi connectivity index (χ1v) is 8.02. The van der Waals surface area contributed by atoms with Crippen molar-refractivity contribution in [3.63, 3.8) is 0 Å². The van der Waals surface area contributed by atoms with Gasteiger partial charge in [-0.05, 0) is 19.3 Å². The van der Waals surface area contributed by atoms with Crippen molar-refractivity contribution in [2.24, 2.45) is 14.1 Å². The molecule has 1 aliphatic rings. The van der Waals surface area contributed by atoms with Gasteiger partial charge in [0.2, 0.25) is 0 Å². The highest BCUT2D eigenvalue weighted by Gasteiger charge is 2.28. The lowest BCUT2D eigenvalue weighted by Crippen LogP contribution is -2.39. The second-order valence-electron chi connectivity index (χ2n) is 6.00. The number of nitrogens with zero attached hydrogens (tertiary/aromatic N) is 4. The summed E-state index contributed by atoms with van der Waals surface area (Å²) in [5.74, 6) is 0. The molecule has 0 saturated carbocycles. The molecule has 2 aromatic rings. The highest BCUT2D eigenvalue weighted by Crippen LogP contribution is 2.28. The summed E-state index contributed by atoms with van der Waals surface area (Å²) in [6.07, 6.45) is 9.34. The van der Waals surface area contributed by atoms with Crippen molar-refractivity contribution >= 4 is 0 Å². The summed E-state index contributed by atoms with van der Waals surface area (Å²) in [6.45, 7) is 3.81. The molecule has 0 aromatic carbocycles. The van der Waals surface area contributed by atoms with Crippen LogP contribution >= 0.6 is 0 Å². The third-order valence-electron chi connectivity index (χ3n) is 4.26. The average molecular weight is 303 g/mol. The summed E-state index contributed by atoms with van der Waals surface area (Å²) in [7, 11) is 3.92. The van der Waals surface area contributed by atoms with Gasteiger partial charge in [-0.15, -0.1) is 0 Å². The van der Waals surface area contributed by atoms with Gasteiger partial charge in [0.15, 0.2) is 0 Å². The van der Waals surface area contributed by atoms with Crippen LogP contribution in [-0.4, -0.2) is 32.2 Å². The number of hydrogen-bond acceptors (Lipinski definition) is 4. The van der Waals surface area contributed by atoms with Crippen LogP contribution in [0.2, 0.25) is 0 Å². The van der Waals surface area contributed by atoms with Gasteiger partial charge in [0.05, 0.1) is 11.9 Å². The molecule has 0 spiro atoms. The van der Waals surface area contributed by atoms with E-state index in [1.54, 1.807) is 0 Å². The minimum absolute atomic E-state index is 0.0872. The van der Waals surface area contributed by atoms with E-state index in [1.807, 2.05) is 35.9 Å². The first-order valence-electron chi connectivity index (χ1n) is 8.02. The number of hydrogen-bond donors (Lipinski definition) is 1. The summed E-state index contributed by atoms with van der Waals surface area (Å²) in [4.78, 5) is 0. The maximum absolute atomic E-state index is 6.00. The van der Waals surface area contributed by atoms with E-state index in [-0.39, 0.29) is 6.10 Å². The lowest BCUT2D eigenvalue weighted by molar-refractivity contribution is -0.0112. The van der Waals surface area contributed by atoms with Crippen molar-refractivity contribution in [3.05, 3.63) is 35.4 Å². The molecule has 0 bridgehead atoms. The highest BCUT2D eigenvalue weighted by atomic mass is 16.5. The predicted molar refractivity (Wildman–Crippen MR) is 84.3 cm³/mol. The van der Waals surface area contributed by atoms with Crippen LogP contribution in [0.15, 0.2) is 18.6 Å². The third kappa shape index (κ3) is 3.23. The molecule has 120 valence electrons. The van der Waals surface area contributed by atoms with Gasteiger partial charge in [0.25, 0.3) is 0 Å².